The molecular formula is C82H58B2BrN6O2. The van der Waals surface area contributed by atoms with Crippen molar-refractivity contribution in [2.24, 2.45) is 0 Å². The van der Waals surface area contributed by atoms with Crippen LogP contribution in [0.1, 0.15) is 27.7 Å². The van der Waals surface area contributed by atoms with E-state index in [0.717, 1.165) is 82.6 Å². The summed E-state index contributed by atoms with van der Waals surface area (Å²) in [6.07, 6.45) is 0. The van der Waals surface area contributed by atoms with Crippen molar-refractivity contribution in [1.82, 2.24) is 28.7 Å². The summed E-state index contributed by atoms with van der Waals surface area (Å²) < 4.78 is 18.6. The van der Waals surface area contributed by atoms with Gasteiger partial charge in [-0.05, 0) is 111 Å². The van der Waals surface area contributed by atoms with Crippen LogP contribution < -0.4 is 5.46 Å². The van der Waals surface area contributed by atoms with E-state index in [1.807, 2.05) is 78.9 Å². The maximum atomic E-state index is 6.36. The molecule has 6 aromatic heterocycles. The van der Waals surface area contributed by atoms with Gasteiger partial charge in [-0.3, -0.25) is 0 Å². The first-order valence-corrected chi connectivity index (χ1v) is 32.0. The minimum atomic E-state index is -0.361. The summed E-state index contributed by atoms with van der Waals surface area (Å²) in [4.78, 5) is 19.7. The van der Waals surface area contributed by atoms with Crippen molar-refractivity contribution < 1.29 is 9.31 Å². The maximum absolute atomic E-state index is 6.36. The Morgan fingerprint density at radius 2 is 0.656 bits per heavy atom. The quantitative estimate of drug-likeness (QED) is 0.154. The molecule has 0 unspecified atom stereocenters. The first-order valence-electron chi connectivity index (χ1n) is 31.2. The molecule has 3 radical (unpaired) electrons. The van der Waals surface area contributed by atoms with Gasteiger partial charge in [0.15, 0.2) is 11.6 Å². The molecule has 0 aliphatic carbocycles. The van der Waals surface area contributed by atoms with Crippen molar-refractivity contribution in [3.05, 3.63) is 284 Å². The van der Waals surface area contributed by atoms with Crippen LogP contribution in [0, 0.1) is 0 Å². The third kappa shape index (κ3) is 9.68. The molecule has 7 heterocycles. The fourth-order valence-corrected chi connectivity index (χ4v) is 14.1. The zero-order valence-corrected chi connectivity index (χ0v) is 53.2. The molecule has 0 N–H and O–H groups in total. The van der Waals surface area contributed by atoms with Gasteiger partial charge in [-0.25, -0.2) is 19.9 Å². The number of hydrogen-bond acceptors (Lipinski definition) is 6. The number of hydrogen-bond donors (Lipinski definition) is 0. The lowest BCUT2D eigenvalue weighted by atomic mass is 9.77. The lowest BCUT2D eigenvalue weighted by molar-refractivity contribution is 0.00578. The molecule has 12 aromatic carbocycles. The van der Waals surface area contributed by atoms with Crippen molar-refractivity contribution >= 4 is 135 Å². The number of fused-ring (bicyclic) bond motifs is 14. The lowest BCUT2D eigenvalue weighted by Gasteiger charge is -2.32. The van der Waals surface area contributed by atoms with Crippen molar-refractivity contribution in [1.29, 1.82) is 0 Å². The first-order chi connectivity index (χ1) is 45.0. The van der Waals surface area contributed by atoms with Crippen LogP contribution in [0.3, 0.4) is 0 Å². The monoisotopic (exact) mass is 1260 g/mol. The minimum Gasteiger partial charge on any atom is -0.399 e. The van der Waals surface area contributed by atoms with Crippen LogP contribution in [0.4, 0.5) is 0 Å². The second-order valence-electron chi connectivity index (χ2n) is 24.9. The van der Waals surface area contributed by atoms with Crippen molar-refractivity contribution in [2.75, 3.05) is 0 Å². The summed E-state index contributed by atoms with van der Waals surface area (Å²) >= 11 is 3.52. The Bertz CT molecular complexity index is 5710. The highest BCUT2D eigenvalue weighted by Crippen LogP contribution is 2.44. The molecule has 19 rings (SSSR count). The molecule has 93 heavy (non-hydrogen) atoms. The molecule has 1 fully saturated rings. The van der Waals surface area contributed by atoms with E-state index in [2.05, 4.69) is 253 Å². The largest absolute Gasteiger partial charge is 0.494 e. The minimum absolute atomic E-state index is 0. The molecule has 0 saturated carbocycles. The molecule has 0 amide bonds. The Morgan fingerprint density at radius 1 is 0.312 bits per heavy atom. The van der Waals surface area contributed by atoms with Gasteiger partial charge < -0.3 is 18.1 Å². The van der Waals surface area contributed by atoms with E-state index in [1.54, 1.807) is 0 Å². The highest BCUT2D eigenvalue weighted by molar-refractivity contribution is 9.10. The summed E-state index contributed by atoms with van der Waals surface area (Å²) in [5.41, 5.74) is 18.3. The van der Waals surface area contributed by atoms with Crippen LogP contribution in [0.15, 0.2) is 284 Å². The molecule has 1 aliphatic heterocycles. The second kappa shape index (κ2) is 22.7. The Morgan fingerprint density at radius 3 is 1.09 bits per heavy atom. The lowest BCUT2D eigenvalue weighted by Crippen LogP contribution is -2.41. The summed E-state index contributed by atoms with van der Waals surface area (Å²) in [6, 6.07) is 97.7. The topological polar surface area (TPSA) is 78.8 Å². The molecule has 0 bridgehead atoms. The van der Waals surface area contributed by atoms with Crippen LogP contribution in [0.5, 0.6) is 0 Å². The summed E-state index contributed by atoms with van der Waals surface area (Å²) in [5, 5.41) is 12.3. The van der Waals surface area contributed by atoms with Crippen molar-refractivity contribution in [2.45, 2.75) is 38.9 Å². The molecule has 11 heteroatoms. The van der Waals surface area contributed by atoms with Crippen molar-refractivity contribution in [3.63, 3.8) is 0 Å². The Balaban J connectivity index is 0.000000116. The summed E-state index contributed by atoms with van der Waals surface area (Å²) in [5.74, 6) is 1.47. The van der Waals surface area contributed by atoms with Gasteiger partial charge in [0.05, 0.1) is 66.7 Å². The molecule has 441 valence electrons. The van der Waals surface area contributed by atoms with Gasteiger partial charge in [0.1, 0.15) is 0 Å². The zero-order valence-electron chi connectivity index (χ0n) is 51.6. The maximum Gasteiger partial charge on any atom is 0.494 e. The predicted molar refractivity (Wildman–Crippen MR) is 391 cm³/mol. The standard InChI is InChI=1S/C38H23N3.C24H22BNO2.C20H13BrN2.B/c1-2-11-24(12-3-1)36-30-17-4-7-18-33(30)39-38(40-36)26-14-10-13-25(21-26)27-22-31-28-15-5-8-19-34(28)41-35-20-9-6-16-29(35)32(23-27)37(31)41;1-23(2)24(3,4)28-25(27-23)15-13-18-16-9-5-7-11-20(16)26-21-12-8-6-10-17(21)19(14-15)22(18)26;21-16-10-6-9-15(13-16)20-22-18-12-5-4-11-17(18)19(23-20)14-7-2-1-3-8-14;/h1-23H;5-14H,1-4H3;1-13H;. The molecule has 1 aliphatic rings. The zero-order chi connectivity index (χ0) is 61.8. The van der Waals surface area contributed by atoms with Crippen LogP contribution in [0.2, 0.25) is 0 Å². The van der Waals surface area contributed by atoms with Gasteiger partial charge in [-0.2, -0.15) is 0 Å². The van der Waals surface area contributed by atoms with Gasteiger partial charge in [0.25, 0.3) is 0 Å². The third-order valence-electron chi connectivity index (χ3n) is 18.8. The number of halogens is 1. The molecule has 0 spiro atoms. The van der Waals surface area contributed by atoms with E-state index < -0.39 is 0 Å². The molecule has 18 aromatic rings. The van der Waals surface area contributed by atoms with E-state index in [9.17, 15) is 0 Å². The van der Waals surface area contributed by atoms with E-state index in [0.29, 0.717) is 0 Å². The van der Waals surface area contributed by atoms with E-state index in [-0.39, 0.29) is 26.7 Å². The highest BCUT2D eigenvalue weighted by Gasteiger charge is 2.52. The van der Waals surface area contributed by atoms with E-state index >= 15 is 0 Å². The Kier molecular flexibility index (Phi) is 14.0. The van der Waals surface area contributed by atoms with Crippen LogP contribution >= 0.6 is 15.9 Å². The number of para-hydroxylation sites is 6. The highest BCUT2D eigenvalue weighted by atomic mass is 79.9. The summed E-state index contributed by atoms with van der Waals surface area (Å²) in [6.45, 7) is 8.41. The fraction of sp³-hybridized carbons (Fsp3) is 0.0732. The number of rotatable bonds is 6. The van der Waals surface area contributed by atoms with Gasteiger partial charge >= 0.3 is 7.12 Å². The van der Waals surface area contributed by atoms with Crippen molar-refractivity contribution in [3.8, 4) is 56.4 Å². The first kappa shape index (κ1) is 57.6. The average Bonchev–Trinajstić information content (AvgIpc) is 1.55. The SMILES string of the molecule is Brc1cccc(-c2nc(-c3ccccc3)c3ccccc3n2)c1.CC1(C)OB(c2cc3c4ccccc4n4c5ccccc5c(c2)c34)OC1(C)C.[B].c1ccc(-c2nc(-c3cccc(-c4cc5c6ccccc6n6c7ccccc7c(c4)c56)c3)nc3ccccc23)cc1. The smallest absolute Gasteiger partial charge is 0.399 e. The van der Waals surface area contributed by atoms with Gasteiger partial charge in [0, 0.05) is 89.0 Å². The van der Waals surface area contributed by atoms with E-state index in [4.69, 9.17) is 29.2 Å². The molecule has 8 nitrogen and oxygen atoms in total. The number of benzene rings is 12. The molecule has 1 saturated heterocycles. The third-order valence-corrected chi connectivity index (χ3v) is 19.3. The van der Waals surface area contributed by atoms with Gasteiger partial charge in [-0.1, -0.05) is 228 Å². The van der Waals surface area contributed by atoms with Crippen LogP contribution in [-0.4, -0.2) is 55.5 Å². The molecule has 0 atom stereocenters. The normalized spacial score (nSPS) is 13.6. The number of aromatic nitrogens is 6. The van der Waals surface area contributed by atoms with Gasteiger partial charge in [0.2, 0.25) is 0 Å². The summed E-state index contributed by atoms with van der Waals surface area (Å²) in [7, 11) is -0.361. The van der Waals surface area contributed by atoms with Crippen LogP contribution in [0.25, 0.3) is 154 Å². The Hall–Kier alpha value is -10.6. The molecular weight excluding hydrogens is 1200 g/mol. The number of nitrogens with zero attached hydrogens (tertiary/aromatic N) is 6. The predicted octanol–water partition coefficient (Wildman–Crippen LogP) is 20.3. The average molecular weight is 1260 g/mol. The van der Waals surface area contributed by atoms with Gasteiger partial charge in [-0.15, -0.1) is 0 Å². The Labute approximate surface area is 548 Å². The second-order valence-corrected chi connectivity index (χ2v) is 25.8. The van der Waals surface area contributed by atoms with Crippen LogP contribution in [-0.2, 0) is 9.31 Å². The van der Waals surface area contributed by atoms with E-state index in [1.165, 1.54) is 81.8 Å². The fourth-order valence-electron chi connectivity index (χ4n) is 13.7.